The Morgan fingerprint density at radius 1 is 1.19 bits per heavy atom. The van der Waals surface area contributed by atoms with Crippen molar-refractivity contribution in [1.82, 2.24) is 4.98 Å². The minimum Gasteiger partial charge on any atom is -0.399 e. The van der Waals surface area contributed by atoms with Gasteiger partial charge in [-0.05, 0) is 55.0 Å². The Bertz CT molecular complexity index is 622. The summed E-state index contributed by atoms with van der Waals surface area (Å²) in [5.74, 6) is 1.10. The largest absolute Gasteiger partial charge is 0.399 e. The molecule has 1 aliphatic carbocycles. The van der Waals surface area contributed by atoms with Crippen molar-refractivity contribution >= 4 is 11.5 Å². The van der Waals surface area contributed by atoms with Gasteiger partial charge in [0.1, 0.15) is 5.82 Å². The second-order valence-corrected chi connectivity index (χ2v) is 5.80. The van der Waals surface area contributed by atoms with Crippen LogP contribution in [0.2, 0.25) is 0 Å². The van der Waals surface area contributed by atoms with Gasteiger partial charge in [-0.2, -0.15) is 0 Å². The molecule has 3 rings (SSSR count). The van der Waals surface area contributed by atoms with Crippen LogP contribution in [0.1, 0.15) is 36.6 Å². The topological polar surface area (TPSA) is 42.1 Å². The van der Waals surface area contributed by atoms with Crippen molar-refractivity contribution in [2.24, 2.45) is 0 Å². The lowest BCUT2D eigenvalue weighted by Crippen LogP contribution is -2.24. The molecular formula is C18H23N3. The van der Waals surface area contributed by atoms with Crippen LogP contribution in [-0.4, -0.2) is 11.5 Å². The third kappa shape index (κ3) is 3.18. The van der Waals surface area contributed by atoms with Crippen LogP contribution >= 0.6 is 0 Å². The zero-order valence-electron chi connectivity index (χ0n) is 12.7. The third-order valence-electron chi connectivity index (χ3n) is 4.06. The van der Waals surface area contributed by atoms with Crippen LogP contribution in [0.15, 0.2) is 36.4 Å². The van der Waals surface area contributed by atoms with Crippen LogP contribution in [0.4, 0.5) is 11.5 Å². The van der Waals surface area contributed by atoms with Gasteiger partial charge >= 0.3 is 0 Å². The first-order chi connectivity index (χ1) is 10.3. The van der Waals surface area contributed by atoms with E-state index in [0.717, 1.165) is 37.4 Å². The zero-order valence-corrected chi connectivity index (χ0v) is 12.7. The quantitative estimate of drug-likeness (QED) is 0.852. The molecular weight excluding hydrogens is 258 g/mol. The molecule has 2 N–H and O–H groups in total. The molecule has 1 aliphatic rings. The van der Waals surface area contributed by atoms with Crippen molar-refractivity contribution < 1.29 is 0 Å². The molecule has 3 heteroatoms. The summed E-state index contributed by atoms with van der Waals surface area (Å²) >= 11 is 0. The number of nitrogens with zero attached hydrogens (tertiary/aromatic N) is 2. The van der Waals surface area contributed by atoms with E-state index in [-0.39, 0.29) is 0 Å². The SMILES string of the molecule is CCCN(Cc1cccc(N)c1)c1ccc2c(n1)CCC2. The van der Waals surface area contributed by atoms with Crippen molar-refractivity contribution in [3.8, 4) is 0 Å². The Balaban J connectivity index is 1.84. The van der Waals surface area contributed by atoms with Crippen molar-refractivity contribution in [2.75, 3.05) is 17.2 Å². The number of pyridine rings is 1. The van der Waals surface area contributed by atoms with Crippen molar-refractivity contribution in [3.05, 3.63) is 53.2 Å². The van der Waals surface area contributed by atoms with Gasteiger partial charge in [0, 0.05) is 24.5 Å². The molecule has 0 amide bonds. The molecule has 1 aromatic heterocycles. The maximum atomic E-state index is 5.89. The number of aryl methyl sites for hydroxylation is 2. The van der Waals surface area contributed by atoms with Gasteiger partial charge in [-0.25, -0.2) is 4.98 Å². The molecule has 21 heavy (non-hydrogen) atoms. The standard InChI is InChI=1S/C18H23N3/c1-2-11-21(13-14-5-3-7-16(19)12-14)18-10-9-15-6-4-8-17(15)20-18/h3,5,7,9-10,12H,2,4,6,8,11,13,19H2,1H3. The fraction of sp³-hybridized carbons (Fsp3) is 0.389. The van der Waals surface area contributed by atoms with E-state index >= 15 is 0 Å². The summed E-state index contributed by atoms with van der Waals surface area (Å²) in [6, 6.07) is 12.6. The van der Waals surface area contributed by atoms with Gasteiger partial charge in [-0.1, -0.05) is 25.1 Å². The van der Waals surface area contributed by atoms with Crippen LogP contribution in [0.5, 0.6) is 0 Å². The number of aromatic nitrogens is 1. The first-order valence-corrected chi connectivity index (χ1v) is 7.84. The van der Waals surface area contributed by atoms with Gasteiger partial charge < -0.3 is 10.6 Å². The molecule has 1 heterocycles. The second-order valence-electron chi connectivity index (χ2n) is 5.80. The molecule has 2 aromatic rings. The van der Waals surface area contributed by atoms with Crippen LogP contribution in [-0.2, 0) is 19.4 Å². The Morgan fingerprint density at radius 2 is 2.10 bits per heavy atom. The van der Waals surface area contributed by atoms with E-state index in [0.29, 0.717) is 0 Å². The molecule has 0 bridgehead atoms. The summed E-state index contributed by atoms with van der Waals surface area (Å²) in [5.41, 5.74) is 10.7. The number of benzene rings is 1. The van der Waals surface area contributed by atoms with E-state index in [4.69, 9.17) is 10.7 Å². The van der Waals surface area contributed by atoms with Crippen molar-refractivity contribution in [3.63, 3.8) is 0 Å². The highest BCUT2D eigenvalue weighted by Crippen LogP contribution is 2.24. The van der Waals surface area contributed by atoms with Crippen LogP contribution in [0.25, 0.3) is 0 Å². The summed E-state index contributed by atoms with van der Waals surface area (Å²) in [4.78, 5) is 7.24. The minimum atomic E-state index is 0.825. The number of hydrogen-bond donors (Lipinski definition) is 1. The third-order valence-corrected chi connectivity index (χ3v) is 4.06. The number of fused-ring (bicyclic) bond motifs is 1. The molecule has 0 spiro atoms. The summed E-state index contributed by atoms with van der Waals surface area (Å²) in [6.45, 7) is 4.09. The van der Waals surface area contributed by atoms with Gasteiger partial charge in [0.15, 0.2) is 0 Å². The van der Waals surface area contributed by atoms with E-state index < -0.39 is 0 Å². The Labute approximate surface area is 126 Å². The van der Waals surface area contributed by atoms with Gasteiger partial charge in [-0.3, -0.25) is 0 Å². The van der Waals surface area contributed by atoms with Gasteiger partial charge in [0.2, 0.25) is 0 Å². The van der Waals surface area contributed by atoms with E-state index in [1.165, 1.54) is 29.7 Å². The maximum Gasteiger partial charge on any atom is 0.129 e. The normalized spacial score (nSPS) is 13.2. The predicted molar refractivity (Wildman–Crippen MR) is 88.5 cm³/mol. The molecule has 1 aromatic carbocycles. The van der Waals surface area contributed by atoms with E-state index in [1.54, 1.807) is 0 Å². The number of anilines is 2. The van der Waals surface area contributed by atoms with E-state index in [9.17, 15) is 0 Å². The smallest absolute Gasteiger partial charge is 0.129 e. The highest BCUT2D eigenvalue weighted by Gasteiger charge is 2.15. The molecule has 0 saturated carbocycles. The Morgan fingerprint density at radius 3 is 2.90 bits per heavy atom. The molecule has 0 saturated heterocycles. The van der Waals surface area contributed by atoms with Gasteiger partial charge in [0.05, 0.1) is 0 Å². The average Bonchev–Trinajstić information content (AvgIpc) is 2.94. The highest BCUT2D eigenvalue weighted by atomic mass is 15.2. The van der Waals surface area contributed by atoms with E-state index in [2.05, 4.69) is 36.1 Å². The summed E-state index contributed by atoms with van der Waals surface area (Å²) in [7, 11) is 0. The lowest BCUT2D eigenvalue weighted by molar-refractivity contribution is 0.751. The zero-order chi connectivity index (χ0) is 14.7. The fourth-order valence-corrected chi connectivity index (χ4v) is 3.04. The lowest BCUT2D eigenvalue weighted by atomic mass is 10.1. The Hall–Kier alpha value is -2.03. The van der Waals surface area contributed by atoms with E-state index in [1.807, 2.05) is 12.1 Å². The first kappa shape index (κ1) is 13.9. The highest BCUT2D eigenvalue weighted by molar-refractivity contribution is 5.46. The van der Waals surface area contributed by atoms with Crippen LogP contribution in [0.3, 0.4) is 0 Å². The number of hydrogen-bond acceptors (Lipinski definition) is 3. The summed E-state index contributed by atoms with van der Waals surface area (Å²) in [5, 5.41) is 0. The van der Waals surface area contributed by atoms with Crippen LogP contribution < -0.4 is 10.6 Å². The monoisotopic (exact) mass is 281 g/mol. The molecule has 0 unspecified atom stereocenters. The molecule has 0 atom stereocenters. The molecule has 0 aliphatic heterocycles. The van der Waals surface area contributed by atoms with Gasteiger partial charge in [-0.15, -0.1) is 0 Å². The van der Waals surface area contributed by atoms with Crippen molar-refractivity contribution in [1.29, 1.82) is 0 Å². The van der Waals surface area contributed by atoms with Gasteiger partial charge in [0.25, 0.3) is 0 Å². The van der Waals surface area contributed by atoms with Crippen LogP contribution in [0, 0.1) is 0 Å². The minimum absolute atomic E-state index is 0.825. The Kier molecular flexibility index (Phi) is 4.09. The lowest BCUT2D eigenvalue weighted by Gasteiger charge is -2.24. The summed E-state index contributed by atoms with van der Waals surface area (Å²) in [6.07, 6.45) is 4.67. The first-order valence-electron chi connectivity index (χ1n) is 7.84. The number of nitrogen functional groups attached to an aromatic ring is 1. The molecule has 3 nitrogen and oxygen atoms in total. The predicted octanol–water partition coefficient (Wildman–Crippen LogP) is 3.57. The molecule has 0 radical (unpaired) electrons. The molecule has 0 fully saturated rings. The fourth-order valence-electron chi connectivity index (χ4n) is 3.04. The average molecular weight is 281 g/mol. The number of rotatable bonds is 5. The maximum absolute atomic E-state index is 5.89. The second kappa shape index (κ2) is 6.17. The molecule has 110 valence electrons. The summed E-state index contributed by atoms with van der Waals surface area (Å²) < 4.78 is 0. The van der Waals surface area contributed by atoms with Crippen molar-refractivity contribution in [2.45, 2.75) is 39.2 Å². The number of nitrogens with two attached hydrogens (primary N) is 1.